The van der Waals surface area contributed by atoms with Gasteiger partial charge in [-0.25, -0.2) is 0 Å². The SMILES string of the molecule is CC1CCC(C(=O)NCC2(C(=O)O)CCC2)O1. The summed E-state index contributed by atoms with van der Waals surface area (Å²) < 4.78 is 5.44. The monoisotopic (exact) mass is 241 g/mol. The van der Waals surface area contributed by atoms with E-state index in [4.69, 9.17) is 9.84 Å². The first kappa shape index (κ1) is 12.4. The Labute approximate surface area is 101 Å². The van der Waals surface area contributed by atoms with Crippen LogP contribution in [-0.4, -0.2) is 35.7 Å². The number of nitrogens with one attached hydrogen (secondary N) is 1. The van der Waals surface area contributed by atoms with Gasteiger partial charge >= 0.3 is 5.97 Å². The molecule has 2 rings (SSSR count). The Morgan fingerprint density at radius 3 is 2.53 bits per heavy atom. The van der Waals surface area contributed by atoms with Crippen LogP contribution in [0.1, 0.15) is 39.0 Å². The maximum absolute atomic E-state index is 11.8. The molecule has 2 fully saturated rings. The Kier molecular flexibility index (Phi) is 3.38. The Morgan fingerprint density at radius 2 is 2.12 bits per heavy atom. The van der Waals surface area contributed by atoms with Crippen molar-refractivity contribution in [2.45, 2.75) is 51.2 Å². The molecule has 1 amide bonds. The third-order valence-electron chi connectivity index (χ3n) is 3.89. The van der Waals surface area contributed by atoms with Crippen molar-refractivity contribution in [2.75, 3.05) is 6.54 Å². The molecule has 96 valence electrons. The van der Waals surface area contributed by atoms with Gasteiger partial charge < -0.3 is 15.2 Å². The van der Waals surface area contributed by atoms with Gasteiger partial charge in [0.05, 0.1) is 11.5 Å². The first-order chi connectivity index (χ1) is 8.03. The average Bonchev–Trinajstić information content (AvgIpc) is 2.62. The van der Waals surface area contributed by atoms with E-state index in [-0.39, 0.29) is 18.6 Å². The second-order valence-corrected chi connectivity index (χ2v) is 5.17. The first-order valence-corrected chi connectivity index (χ1v) is 6.20. The molecule has 0 spiro atoms. The Hall–Kier alpha value is -1.10. The smallest absolute Gasteiger partial charge is 0.311 e. The quantitative estimate of drug-likeness (QED) is 0.767. The number of rotatable bonds is 4. The van der Waals surface area contributed by atoms with Gasteiger partial charge in [-0.3, -0.25) is 9.59 Å². The summed E-state index contributed by atoms with van der Waals surface area (Å²) in [5.41, 5.74) is -0.722. The second-order valence-electron chi connectivity index (χ2n) is 5.17. The largest absolute Gasteiger partial charge is 0.481 e. The number of ether oxygens (including phenoxy) is 1. The van der Waals surface area contributed by atoms with Crippen molar-refractivity contribution in [2.24, 2.45) is 5.41 Å². The molecule has 0 bridgehead atoms. The molecule has 0 aromatic rings. The minimum atomic E-state index is -0.801. The van der Waals surface area contributed by atoms with Gasteiger partial charge in [-0.05, 0) is 32.6 Å². The summed E-state index contributed by atoms with van der Waals surface area (Å²) >= 11 is 0. The molecule has 5 nitrogen and oxygen atoms in total. The predicted octanol–water partition coefficient (Wildman–Crippen LogP) is 0.925. The van der Waals surface area contributed by atoms with Crippen LogP contribution in [0.15, 0.2) is 0 Å². The van der Waals surface area contributed by atoms with Gasteiger partial charge in [-0.2, -0.15) is 0 Å². The highest BCUT2D eigenvalue weighted by Gasteiger charge is 2.45. The number of carboxylic acids is 1. The van der Waals surface area contributed by atoms with Crippen LogP contribution in [0.25, 0.3) is 0 Å². The van der Waals surface area contributed by atoms with Crippen molar-refractivity contribution < 1.29 is 19.4 Å². The summed E-state index contributed by atoms with van der Waals surface area (Å²) in [5.74, 6) is -0.966. The average molecular weight is 241 g/mol. The summed E-state index contributed by atoms with van der Waals surface area (Å²) in [4.78, 5) is 22.9. The Balaban J connectivity index is 1.81. The van der Waals surface area contributed by atoms with E-state index in [1.54, 1.807) is 0 Å². The lowest BCUT2D eigenvalue weighted by Crippen LogP contribution is -2.49. The Bertz CT molecular complexity index is 324. The van der Waals surface area contributed by atoms with Crippen LogP contribution in [-0.2, 0) is 14.3 Å². The normalized spacial score (nSPS) is 30.6. The van der Waals surface area contributed by atoms with Crippen LogP contribution in [0.4, 0.5) is 0 Å². The van der Waals surface area contributed by atoms with E-state index in [2.05, 4.69) is 5.32 Å². The standard InChI is InChI=1S/C12H19NO4/c1-8-3-4-9(17-8)10(14)13-7-12(11(15)16)5-2-6-12/h8-9H,2-7H2,1H3,(H,13,14)(H,15,16). The van der Waals surface area contributed by atoms with E-state index in [1.807, 2.05) is 6.92 Å². The topological polar surface area (TPSA) is 75.6 Å². The van der Waals surface area contributed by atoms with Crippen molar-refractivity contribution in [3.8, 4) is 0 Å². The zero-order chi connectivity index (χ0) is 12.5. The minimum absolute atomic E-state index is 0.128. The first-order valence-electron chi connectivity index (χ1n) is 6.20. The number of aliphatic carboxylic acids is 1. The number of amides is 1. The van der Waals surface area contributed by atoms with Crippen LogP contribution in [0.5, 0.6) is 0 Å². The fourth-order valence-corrected chi connectivity index (χ4v) is 2.44. The van der Waals surface area contributed by atoms with Crippen LogP contribution < -0.4 is 5.32 Å². The van der Waals surface area contributed by atoms with E-state index in [1.165, 1.54) is 0 Å². The number of carbonyl (C=O) groups is 2. The van der Waals surface area contributed by atoms with Gasteiger partial charge in [0.15, 0.2) is 0 Å². The summed E-state index contributed by atoms with van der Waals surface area (Å²) in [7, 11) is 0. The molecule has 1 saturated heterocycles. The molecule has 1 saturated carbocycles. The van der Waals surface area contributed by atoms with Gasteiger partial charge in [0.25, 0.3) is 0 Å². The van der Waals surface area contributed by atoms with Crippen molar-refractivity contribution in [3.63, 3.8) is 0 Å². The van der Waals surface area contributed by atoms with Crippen LogP contribution in [0, 0.1) is 5.41 Å². The number of carbonyl (C=O) groups excluding carboxylic acids is 1. The third kappa shape index (κ3) is 2.44. The van der Waals surface area contributed by atoms with E-state index in [0.717, 1.165) is 19.3 Å². The van der Waals surface area contributed by atoms with Crippen molar-refractivity contribution >= 4 is 11.9 Å². The third-order valence-corrected chi connectivity index (χ3v) is 3.89. The minimum Gasteiger partial charge on any atom is -0.481 e. The van der Waals surface area contributed by atoms with Crippen molar-refractivity contribution in [1.29, 1.82) is 0 Å². The molecule has 2 aliphatic rings. The highest BCUT2D eigenvalue weighted by molar-refractivity contribution is 5.82. The summed E-state index contributed by atoms with van der Waals surface area (Å²) in [6.07, 6.45) is 3.60. The number of hydrogen-bond donors (Lipinski definition) is 2. The zero-order valence-electron chi connectivity index (χ0n) is 10.1. The Morgan fingerprint density at radius 1 is 1.41 bits per heavy atom. The van der Waals surface area contributed by atoms with Crippen molar-refractivity contribution in [1.82, 2.24) is 5.32 Å². The van der Waals surface area contributed by atoms with Crippen LogP contribution in [0.3, 0.4) is 0 Å². The molecule has 2 N–H and O–H groups in total. The fraction of sp³-hybridized carbons (Fsp3) is 0.833. The highest BCUT2D eigenvalue weighted by atomic mass is 16.5. The van der Waals surface area contributed by atoms with E-state index >= 15 is 0 Å². The summed E-state index contributed by atoms with van der Waals surface area (Å²) in [6.45, 7) is 2.17. The molecular formula is C12H19NO4. The summed E-state index contributed by atoms with van der Waals surface area (Å²) in [6, 6.07) is 0. The fourth-order valence-electron chi connectivity index (χ4n) is 2.44. The maximum Gasteiger partial charge on any atom is 0.311 e. The molecule has 1 aliphatic carbocycles. The lowest BCUT2D eigenvalue weighted by atomic mass is 9.69. The molecule has 1 aliphatic heterocycles. The summed E-state index contributed by atoms with van der Waals surface area (Å²) in [5, 5.41) is 11.8. The van der Waals surface area contributed by atoms with E-state index in [0.29, 0.717) is 12.8 Å². The van der Waals surface area contributed by atoms with Gasteiger partial charge in [0.1, 0.15) is 6.10 Å². The van der Waals surface area contributed by atoms with Crippen LogP contribution in [0.2, 0.25) is 0 Å². The molecule has 5 heteroatoms. The lowest BCUT2D eigenvalue weighted by Gasteiger charge is -2.37. The molecule has 0 radical (unpaired) electrons. The second kappa shape index (κ2) is 4.64. The number of carboxylic acid groups (broad SMARTS) is 1. The molecule has 2 unspecified atom stereocenters. The molecule has 2 atom stereocenters. The van der Waals surface area contributed by atoms with Gasteiger partial charge in [-0.15, -0.1) is 0 Å². The van der Waals surface area contributed by atoms with Crippen molar-refractivity contribution in [3.05, 3.63) is 0 Å². The van der Waals surface area contributed by atoms with Gasteiger partial charge in [-0.1, -0.05) is 6.42 Å². The number of hydrogen-bond acceptors (Lipinski definition) is 3. The maximum atomic E-state index is 11.8. The predicted molar refractivity (Wildman–Crippen MR) is 60.5 cm³/mol. The zero-order valence-corrected chi connectivity index (χ0v) is 10.1. The molecule has 0 aromatic heterocycles. The van der Waals surface area contributed by atoms with Crippen LogP contribution >= 0.6 is 0 Å². The molecular weight excluding hydrogens is 222 g/mol. The molecule has 1 heterocycles. The van der Waals surface area contributed by atoms with E-state index in [9.17, 15) is 9.59 Å². The lowest BCUT2D eigenvalue weighted by molar-refractivity contribution is -0.154. The van der Waals surface area contributed by atoms with Gasteiger partial charge in [0, 0.05) is 6.54 Å². The highest BCUT2D eigenvalue weighted by Crippen LogP contribution is 2.40. The molecule has 17 heavy (non-hydrogen) atoms. The molecule has 0 aromatic carbocycles. The van der Waals surface area contributed by atoms with E-state index < -0.39 is 17.5 Å². The van der Waals surface area contributed by atoms with Gasteiger partial charge in [0.2, 0.25) is 5.91 Å².